The van der Waals surface area contributed by atoms with Crippen LogP contribution in [0, 0.1) is 0 Å². The quantitative estimate of drug-likeness (QED) is 0.311. The summed E-state index contributed by atoms with van der Waals surface area (Å²) in [6.07, 6.45) is 3.56. The van der Waals surface area contributed by atoms with Crippen LogP contribution in [0.25, 0.3) is 0 Å². The SMILES string of the molecule is I.NC(=NCCCC(=O)NC1CC1)N1CCOCC1. The predicted molar refractivity (Wildman–Crippen MR) is 84.7 cm³/mol. The molecule has 1 amide bonds. The molecule has 0 spiro atoms. The summed E-state index contributed by atoms with van der Waals surface area (Å²) in [5, 5.41) is 2.96. The molecule has 1 heterocycles. The lowest BCUT2D eigenvalue weighted by Gasteiger charge is -2.27. The summed E-state index contributed by atoms with van der Waals surface area (Å²) in [6.45, 7) is 3.64. The third kappa shape index (κ3) is 6.42. The van der Waals surface area contributed by atoms with Crippen molar-refractivity contribution in [2.24, 2.45) is 10.7 Å². The van der Waals surface area contributed by atoms with Gasteiger partial charge in [-0.05, 0) is 19.3 Å². The van der Waals surface area contributed by atoms with Crippen LogP contribution in [0.2, 0.25) is 0 Å². The average molecular weight is 382 g/mol. The van der Waals surface area contributed by atoms with E-state index in [-0.39, 0.29) is 29.9 Å². The lowest BCUT2D eigenvalue weighted by atomic mass is 10.3. The number of hydrogen-bond acceptors (Lipinski definition) is 3. The molecule has 0 aromatic heterocycles. The summed E-state index contributed by atoms with van der Waals surface area (Å²) in [4.78, 5) is 17.7. The maximum absolute atomic E-state index is 11.4. The van der Waals surface area contributed by atoms with Crippen LogP contribution in [0.15, 0.2) is 4.99 Å². The minimum absolute atomic E-state index is 0. The highest BCUT2D eigenvalue weighted by Gasteiger charge is 2.22. The molecule has 3 N–H and O–H groups in total. The molecule has 19 heavy (non-hydrogen) atoms. The summed E-state index contributed by atoms with van der Waals surface area (Å²) < 4.78 is 5.24. The van der Waals surface area contributed by atoms with Gasteiger partial charge in [-0.25, -0.2) is 0 Å². The molecule has 2 rings (SSSR count). The zero-order valence-corrected chi connectivity index (χ0v) is 13.5. The van der Waals surface area contributed by atoms with Crippen molar-refractivity contribution >= 4 is 35.8 Å². The van der Waals surface area contributed by atoms with Gasteiger partial charge in [0.15, 0.2) is 5.96 Å². The van der Waals surface area contributed by atoms with Crippen LogP contribution in [-0.4, -0.2) is 55.7 Å². The van der Waals surface area contributed by atoms with E-state index in [1.54, 1.807) is 0 Å². The Bertz CT molecular complexity index is 315. The van der Waals surface area contributed by atoms with Gasteiger partial charge in [0.05, 0.1) is 13.2 Å². The Hall–Kier alpha value is -0.570. The first kappa shape index (κ1) is 16.5. The van der Waals surface area contributed by atoms with Crippen molar-refractivity contribution in [3.8, 4) is 0 Å². The van der Waals surface area contributed by atoms with Crippen molar-refractivity contribution < 1.29 is 9.53 Å². The first-order valence-electron chi connectivity index (χ1n) is 6.67. The van der Waals surface area contributed by atoms with E-state index >= 15 is 0 Å². The first-order valence-corrected chi connectivity index (χ1v) is 6.67. The Labute approximate surface area is 131 Å². The second-order valence-electron chi connectivity index (χ2n) is 4.78. The second-order valence-corrected chi connectivity index (χ2v) is 4.78. The van der Waals surface area contributed by atoms with Crippen molar-refractivity contribution in [3.05, 3.63) is 0 Å². The largest absolute Gasteiger partial charge is 0.378 e. The number of rotatable bonds is 5. The Kier molecular flexibility index (Phi) is 7.44. The molecule has 6 nitrogen and oxygen atoms in total. The number of halogens is 1. The number of guanidine groups is 1. The summed E-state index contributed by atoms with van der Waals surface area (Å²) in [5.74, 6) is 0.707. The van der Waals surface area contributed by atoms with Crippen LogP contribution >= 0.6 is 24.0 Å². The standard InChI is InChI=1S/C12H22N4O2.HI/c13-12(16-6-8-18-9-7-16)14-5-1-2-11(17)15-10-3-4-10;/h10H,1-9H2,(H2,13,14)(H,15,17);1H. The number of aliphatic imine (C=N–C) groups is 1. The van der Waals surface area contributed by atoms with Crippen molar-refractivity contribution in [2.75, 3.05) is 32.8 Å². The third-order valence-electron chi connectivity index (χ3n) is 3.11. The van der Waals surface area contributed by atoms with Gasteiger partial charge in [0.1, 0.15) is 0 Å². The molecule has 2 fully saturated rings. The van der Waals surface area contributed by atoms with Crippen molar-refractivity contribution in [3.63, 3.8) is 0 Å². The minimum atomic E-state index is 0. The number of nitrogens with zero attached hydrogens (tertiary/aromatic N) is 2. The number of carbonyl (C=O) groups excluding carboxylic acids is 1. The van der Waals surface area contributed by atoms with Crippen LogP contribution in [0.1, 0.15) is 25.7 Å². The van der Waals surface area contributed by atoms with E-state index < -0.39 is 0 Å². The fourth-order valence-corrected chi connectivity index (χ4v) is 1.85. The van der Waals surface area contributed by atoms with Crippen LogP contribution in [0.3, 0.4) is 0 Å². The van der Waals surface area contributed by atoms with Gasteiger partial charge < -0.3 is 20.7 Å². The minimum Gasteiger partial charge on any atom is -0.378 e. The number of ether oxygens (including phenoxy) is 1. The molecule has 0 aromatic carbocycles. The number of amides is 1. The van der Waals surface area contributed by atoms with Gasteiger partial charge in [-0.2, -0.15) is 0 Å². The second kappa shape index (κ2) is 8.57. The van der Waals surface area contributed by atoms with Gasteiger partial charge in [0, 0.05) is 32.1 Å². The highest BCUT2D eigenvalue weighted by molar-refractivity contribution is 14.0. The molecule has 0 atom stereocenters. The van der Waals surface area contributed by atoms with Gasteiger partial charge in [0.2, 0.25) is 5.91 Å². The van der Waals surface area contributed by atoms with Crippen LogP contribution in [-0.2, 0) is 9.53 Å². The Morgan fingerprint density at radius 3 is 2.68 bits per heavy atom. The van der Waals surface area contributed by atoms with E-state index in [1.807, 2.05) is 4.90 Å². The molecule has 0 bridgehead atoms. The Balaban J connectivity index is 0.00000180. The highest BCUT2D eigenvalue weighted by Crippen LogP contribution is 2.18. The molecule has 1 aliphatic heterocycles. The lowest BCUT2D eigenvalue weighted by Crippen LogP contribution is -2.44. The molecule has 0 aromatic rings. The smallest absolute Gasteiger partial charge is 0.220 e. The molecule has 0 radical (unpaired) electrons. The number of morpholine rings is 1. The van der Waals surface area contributed by atoms with E-state index in [9.17, 15) is 4.79 Å². The fraction of sp³-hybridized carbons (Fsp3) is 0.833. The van der Waals surface area contributed by atoms with Gasteiger partial charge in [-0.3, -0.25) is 9.79 Å². The third-order valence-corrected chi connectivity index (χ3v) is 3.11. The van der Waals surface area contributed by atoms with Gasteiger partial charge in [0.25, 0.3) is 0 Å². The Morgan fingerprint density at radius 1 is 1.37 bits per heavy atom. The molecule has 110 valence electrons. The highest BCUT2D eigenvalue weighted by atomic mass is 127. The van der Waals surface area contributed by atoms with Crippen LogP contribution in [0.4, 0.5) is 0 Å². The van der Waals surface area contributed by atoms with Crippen LogP contribution in [0.5, 0.6) is 0 Å². The van der Waals surface area contributed by atoms with E-state index in [0.29, 0.717) is 38.2 Å². The van der Waals surface area contributed by atoms with E-state index in [1.165, 1.54) is 0 Å². The van der Waals surface area contributed by atoms with Gasteiger partial charge in [-0.1, -0.05) is 0 Å². The number of carbonyl (C=O) groups is 1. The maximum Gasteiger partial charge on any atom is 0.220 e. The lowest BCUT2D eigenvalue weighted by molar-refractivity contribution is -0.121. The maximum atomic E-state index is 11.4. The topological polar surface area (TPSA) is 79.9 Å². The van der Waals surface area contributed by atoms with Crippen molar-refractivity contribution in [1.82, 2.24) is 10.2 Å². The molecule has 1 saturated carbocycles. The molecule has 0 unspecified atom stereocenters. The van der Waals surface area contributed by atoms with Gasteiger partial charge in [-0.15, -0.1) is 24.0 Å². The summed E-state index contributed by atoms with van der Waals surface area (Å²) in [5.41, 5.74) is 5.88. The first-order chi connectivity index (χ1) is 8.75. The molecular weight excluding hydrogens is 359 g/mol. The van der Waals surface area contributed by atoms with Crippen molar-refractivity contribution in [1.29, 1.82) is 0 Å². The molecule has 2 aliphatic rings. The molecule has 1 aliphatic carbocycles. The zero-order valence-electron chi connectivity index (χ0n) is 11.1. The summed E-state index contributed by atoms with van der Waals surface area (Å²) >= 11 is 0. The van der Waals surface area contributed by atoms with Gasteiger partial charge >= 0.3 is 0 Å². The molecule has 1 saturated heterocycles. The number of nitrogens with two attached hydrogens (primary N) is 1. The Morgan fingerprint density at radius 2 is 2.05 bits per heavy atom. The fourth-order valence-electron chi connectivity index (χ4n) is 1.85. The average Bonchev–Trinajstić information content (AvgIpc) is 3.19. The molecular formula is C12H23IN4O2. The van der Waals surface area contributed by atoms with E-state index in [4.69, 9.17) is 10.5 Å². The van der Waals surface area contributed by atoms with E-state index in [0.717, 1.165) is 32.4 Å². The van der Waals surface area contributed by atoms with Crippen molar-refractivity contribution in [2.45, 2.75) is 31.7 Å². The predicted octanol–water partition coefficient (Wildman–Crippen LogP) is 0.310. The summed E-state index contributed by atoms with van der Waals surface area (Å²) in [6, 6.07) is 0.444. The number of nitrogens with one attached hydrogen (secondary N) is 1. The monoisotopic (exact) mass is 382 g/mol. The summed E-state index contributed by atoms with van der Waals surface area (Å²) in [7, 11) is 0. The normalized spacial score (nSPS) is 19.8. The van der Waals surface area contributed by atoms with E-state index in [2.05, 4.69) is 10.3 Å². The van der Waals surface area contributed by atoms with Crippen LogP contribution < -0.4 is 11.1 Å². The molecule has 7 heteroatoms. The zero-order chi connectivity index (χ0) is 12.8. The number of hydrogen-bond donors (Lipinski definition) is 2.